The summed E-state index contributed by atoms with van der Waals surface area (Å²) >= 11 is 6.11. The number of amides is 2. The van der Waals surface area contributed by atoms with Crippen molar-refractivity contribution < 1.29 is 38.1 Å². The maximum atomic E-state index is 12.6. The molecular formula is C42H62ClN5O9. The molecule has 316 valence electrons. The maximum Gasteiger partial charge on any atom is 0.409 e. The van der Waals surface area contributed by atoms with E-state index in [-0.39, 0.29) is 42.0 Å². The molecule has 2 amide bonds. The number of nitrogens with one attached hydrogen (secondary N) is 2. The van der Waals surface area contributed by atoms with E-state index in [1.807, 2.05) is 73.6 Å². The van der Waals surface area contributed by atoms with Gasteiger partial charge in [0, 0.05) is 54.7 Å². The van der Waals surface area contributed by atoms with E-state index in [2.05, 4.69) is 21.7 Å². The minimum absolute atomic E-state index is 0.0232. The molecule has 4 heterocycles. The second-order valence-electron chi connectivity index (χ2n) is 14.3. The summed E-state index contributed by atoms with van der Waals surface area (Å²) in [7, 11) is 0. The molecule has 2 aliphatic heterocycles. The van der Waals surface area contributed by atoms with E-state index in [1.165, 1.54) is 45.2 Å². The van der Waals surface area contributed by atoms with Crippen LogP contribution in [0.3, 0.4) is 0 Å². The van der Waals surface area contributed by atoms with Gasteiger partial charge in [0.15, 0.2) is 0 Å². The van der Waals surface area contributed by atoms with Gasteiger partial charge in [0.05, 0.1) is 18.2 Å². The van der Waals surface area contributed by atoms with Crippen LogP contribution in [0.1, 0.15) is 104 Å². The number of primary amides is 1. The lowest BCUT2D eigenvalue weighted by molar-refractivity contribution is -0.151. The molecule has 3 aromatic rings. The number of para-hydroxylation sites is 1. The van der Waals surface area contributed by atoms with E-state index in [1.54, 1.807) is 17.0 Å². The topological polar surface area (TPSA) is 199 Å². The van der Waals surface area contributed by atoms with Crippen molar-refractivity contribution in [1.29, 1.82) is 0 Å². The molecular weight excluding hydrogens is 754 g/mol. The fraction of sp³-hybridized carbons (Fsp3) is 0.548. The molecule has 1 unspecified atom stereocenters. The first-order chi connectivity index (χ1) is 26.9. The molecule has 2 aliphatic rings. The zero-order valence-electron chi connectivity index (χ0n) is 35.0. The van der Waals surface area contributed by atoms with E-state index in [0.29, 0.717) is 59.8 Å². The molecule has 5 N–H and O–H groups in total. The predicted octanol–water partition coefficient (Wildman–Crippen LogP) is 7.50. The Morgan fingerprint density at radius 1 is 1.14 bits per heavy atom. The van der Waals surface area contributed by atoms with Crippen LogP contribution >= 0.6 is 11.6 Å². The van der Waals surface area contributed by atoms with Crippen molar-refractivity contribution in [3.8, 4) is 12.5 Å². The average Bonchev–Trinajstić information content (AvgIpc) is 3.85. The van der Waals surface area contributed by atoms with Gasteiger partial charge in [-0.1, -0.05) is 57.9 Å². The lowest BCUT2D eigenvalue weighted by Crippen LogP contribution is -2.51. The van der Waals surface area contributed by atoms with Crippen LogP contribution in [0.2, 0.25) is 5.02 Å². The van der Waals surface area contributed by atoms with Crippen LogP contribution in [-0.2, 0) is 24.4 Å². The number of halogens is 1. The van der Waals surface area contributed by atoms with Crippen LogP contribution in [0.5, 0.6) is 0 Å². The summed E-state index contributed by atoms with van der Waals surface area (Å²) in [6.45, 7) is 21.0. The molecule has 2 aromatic heterocycles. The summed E-state index contributed by atoms with van der Waals surface area (Å²) in [5, 5.41) is 11.5. The highest BCUT2D eigenvalue weighted by atomic mass is 35.5. The molecule has 0 spiro atoms. The molecule has 15 heteroatoms. The predicted molar refractivity (Wildman–Crippen MR) is 225 cm³/mol. The highest BCUT2D eigenvalue weighted by molar-refractivity contribution is 6.30. The zero-order chi connectivity index (χ0) is 43.2. The van der Waals surface area contributed by atoms with E-state index in [0.717, 1.165) is 5.71 Å². The molecule has 0 saturated carbocycles. The highest BCUT2D eigenvalue weighted by Gasteiger charge is 2.41. The van der Waals surface area contributed by atoms with Gasteiger partial charge in [-0.25, -0.2) is 4.79 Å². The number of H-pyrrole nitrogens is 1. The van der Waals surface area contributed by atoms with Crippen LogP contribution in [0, 0.1) is 18.4 Å². The number of rotatable bonds is 9. The van der Waals surface area contributed by atoms with E-state index in [9.17, 15) is 19.2 Å². The van der Waals surface area contributed by atoms with E-state index < -0.39 is 17.4 Å². The number of aromatic nitrogens is 1. The number of aliphatic hydroxyl groups excluding tert-OH is 1. The van der Waals surface area contributed by atoms with Crippen LogP contribution in [0.15, 0.2) is 50.7 Å². The number of aromatic amines is 1. The van der Waals surface area contributed by atoms with Gasteiger partial charge in [-0.2, -0.15) is 0 Å². The number of terminal acetylenes is 1. The number of hydrogen-bond donors (Lipinski definition) is 4. The standard InChI is InChI=1S/C28H33ClN4O6.C6H12O2.C4H9N.C2H2O.C2H6/c1-17-16-33(10-9-28(17,3)21-14-19(29)15-31-26(21)35)27(36)38-13-12-37-11-8-18(2)32-23-20-6-4-5-7-22(20)39-24(23)25(30)34;1-5(7)8-6(2,3)4;1-2-4-5-3-1;1-2-3;1-2/h4-7,14-15,17H,8-13,16H2,1-3H3,(H2,30,34)(H,31,35);1-4H3;5H,1-4H2;1,3H;1-2H3/t17?,28-;;;;/m0..../s1. The third-order valence-electron chi connectivity index (χ3n) is 8.79. The molecule has 0 aliphatic carbocycles. The average molecular weight is 816 g/mol. The number of ether oxygens (including phenoxy) is 3. The molecule has 5 rings (SSSR count). The van der Waals surface area contributed by atoms with Gasteiger partial charge in [-0.05, 0) is 84.2 Å². The normalized spacial score (nSPS) is 17.5. The van der Waals surface area contributed by atoms with Gasteiger partial charge in [-0.3, -0.25) is 19.4 Å². The lowest BCUT2D eigenvalue weighted by atomic mass is 9.68. The number of aliphatic hydroxyl groups is 1. The fourth-order valence-corrected chi connectivity index (χ4v) is 6.06. The number of esters is 1. The molecule has 1 aromatic carbocycles. The summed E-state index contributed by atoms with van der Waals surface area (Å²) in [5.41, 5.74) is 6.90. The van der Waals surface area contributed by atoms with Crippen molar-refractivity contribution in [2.75, 3.05) is 46.0 Å². The minimum atomic E-state index is -0.679. The Morgan fingerprint density at radius 3 is 2.30 bits per heavy atom. The van der Waals surface area contributed by atoms with Gasteiger partial charge in [0.25, 0.3) is 11.5 Å². The van der Waals surface area contributed by atoms with Gasteiger partial charge in [0.2, 0.25) is 5.76 Å². The monoisotopic (exact) mass is 815 g/mol. The second kappa shape index (κ2) is 25.4. The number of pyridine rings is 1. The summed E-state index contributed by atoms with van der Waals surface area (Å²) in [5.74, 6) is -0.853. The SMILES string of the molecule is C#CO.C1CCNC1.CC.CC(=O)OC(C)(C)C.CC(CCOCCOC(=O)N1CC[C@](C)(c2cc(Cl)c[nH]c2=O)C(C)C1)=Nc1c(C(N)=O)oc2ccccc12. The number of nitrogens with two attached hydrogens (primary N) is 1. The number of aliphatic imine (C=N–C) groups is 1. The molecule has 2 atom stereocenters. The number of likely N-dealkylation sites (tertiary alicyclic amines) is 1. The van der Waals surface area contributed by atoms with Crippen molar-refractivity contribution in [3.63, 3.8) is 0 Å². The Kier molecular flexibility index (Phi) is 22.4. The highest BCUT2D eigenvalue weighted by Crippen LogP contribution is 2.38. The number of piperidine rings is 1. The third kappa shape index (κ3) is 17.5. The summed E-state index contributed by atoms with van der Waals surface area (Å²) in [4.78, 5) is 55.9. The van der Waals surface area contributed by atoms with Crippen LogP contribution in [0.4, 0.5) is 10.5 Å². The van der Waals surface area contributed by atoms with Gasteiger partial charge < -0.3 is 44.7 Å². The molecule has 0 radical (unpaired) electrons. The lowest BCUT2D eigenvalue weighted by Gasteiger charge is -2.44. The van der Waals surface area contributed by atoms with Crippen molar-refractivity contribution in [2.45, 2.75) is 99.0 Å². The zero-order valence-corrected chi connectivity index (χ0v) is 35.7. The first kappa shape index (κ1) is 50.2. The van der Waals surface area contributed by atoms with Crippen molar-refractivity contribution in [2.24, 2.45) is 16.6 Å². The molecule has 2 fully saturated rings. The Morgan fingerprint density at radius 2 is 1.77 bits per heavy atom. The molecule has 0 bridgehead atoms. The van der Waals surface area contributed by atoms with Crippen LogP contribution in [0.25, 0.3) is 11.0 Å². The molecule has 2 saturated heterocycles. The number of benzene rings is 1. The van der Waals surface area contributed by atoms with Crippen molar-refractivity contribution in [1.82, 2.24) is 15.2 Å². The second-order valence-corrected chi connectivity index (χ2v) is 14.8. The molecule has 57 heavy (non-hydrogen) atoms. The third-order valence-corrected chi connectivity index (χ3v) is 9.01. The molecule has 14 nitrogen and oxygen atoms in total. The van der Waals surface area contributed by atoms with Gasteiger partial charge in [0.1, 0.15) is 29.6 Å². The Balaban J connectivity index is 0.000000749. The van der Waals surface area contributed by atoms with Gasteiger partial charge >= 0.3 is 12.1 Å². The van der Waals surface area contributed by atoms with Crippen LogP contribution in [-0.4, -0.2) is 90.3 Å². The largest absolute Gasteiger partial charge is 0.462 e. The number of carbonyl (C=O) groups excluding carboxylic acids is 3. The maximum absolute atomic E-state index is 12.6. The first-order valence-corrected chi connectivity index (χ1v) is 19.5. The van der Waals surface area contributed by atoms with Gasteiger partial charge in [-0.15, -0.1) is 0 Å². The number of nitrogens with zero attached hydrogens (tertiary/aromatic N) is 2. The quantitative estimate of drug-likeness (QED) is 0.0726. The number of hydrogen-bond acceptors (Lipinski definition) is 11. The van der Waals surface area contributed by atoms with Crippen LogP contribution < -0.4 is 16.6 Å². The smallest absolute Gasteiger partial charge is 0.409 e. The van der Waals surface area contributed by atoms with Crippen molar-refractivity contribution in [3.05, 3.63) is 63.2 Å². The van der Waals surface area contributed by atoms with E-state index >= 15 is 0 Å². The fourth-order valence-electron chi connectivity index (χ4n) is 5.90. The Hall–Kier alpha value is -4.84. The van der Waals surface area contributed by atoms with Crippen molar-refractivity contribution >= 4 is 51.9 Å². The summed E-state index contributed by atoms with van der Waals surface area (Å²) in [6, 6.07) is 8.93. The minimum Gasteiger partial charge on any atom is -0.462 e. The summed E-state index contributed by atoms with van der Waals surface area (Å²) in [6.07, 6.45) is 10.4. The summed E-state index contributed by atoms with van der Waals surface area (Å²) < 4.78 is 21.4. The Bertz CT molecular complexity index is 1830. The first-order valence-electron chi connectivity index (χ1n) is 19.2. The number of fused-ring (bicyclic) bond motifs is 1. The Labute approximate surface area is 341 Å². The number of carbonyl (C=O) groups is 3. The number of furan rings is 1. The van der Waals surface area contributed by atoms with E-state index in [4.69, 9.17) is 41.1 Å².